The van der Waals surface area contributed by atoms with E-state index in [-0.39, 0.29) is 5.91 Å². The molecule has 5 heteroatoms. The molecule has 1 amide bonds. The molecule has 3 rings (SSSR count). The van der Waals surface area contributed by atoms with Gasteiger partial charge in [0.1, 0.15) is 0 Å². The van der Waals surface area contributed by atoms with Crippen LogP contribution < -0.4 is 16.0 Å². The lowest BCUT2D eigenvalue weighted by molar-refractivity contribution is 0.103. The van der Waals surface area contributed by atoms with Crippen LogP contribution in [0.1, 0.15) is 41.4 Å². The van der Waals surface area contributed by atoms with Gasteiger partial charge in [-0.05, 0) is 68.3 Å². The molecule has 1 atom stereocenters. The van der Waals surface area contributed by atoms with Crippen LogP contribution in [0.5, 0.6) is 0 Å². The highest BCUT2D eigenvalue weighted by Gasteiger charge is 2.16. The summed E-state index contributed by atoms with van der Waals surface area (Å²) < 4.78 is 0. The quantitative estimate of drug-likeness (QED) is 0.705. The third-order valence-corrected chi connectivity index (χ3v) is 5.67. The summed E-state index contributed by atoms with van der Waals surface area (Å²) in [5, 5.41) is 12.0. The van der Waals surface area contributed by atoms with Crippen molar-refractivity contribution in [1.82, 2.24) is 10.6 Å². The van der Waals surface area contributed by atoms with Crippen LogP contribution in [0.15, 0.2) is 41.8 Å². The number of amides is 1. The van der Waals surface area contributed by atoms with Crippen LogP contribution in [0.25, 0.3) is 0 Å². The average molecular weight is 358 g/mol. The normalized spacial score (nSPS) is 16.5. The summed E-state index contributed by atoms with van der Waals surface area (Å²) in [6, 6.07) is 12.3. The lowest BCUT2D eigenvalue weighted by atomic mass is 9.91. The molecule has 1 aliphatic rings. The van der Waals surface area contributed by atoms with Crippen molar-refractivity contribution >= 4 is 22.9 Å². The lowest BCUT2D eigenvalue weighted by Gasteiger charge is -2.26. The van der Waals surface area contributed by atoms with E-state index >= 15 is 0 Å². The van der Waals surface area contributed by atoms with Gasteiger partial charge in [-0.15, -0.1) is 11.3 Å². The number of anilines is 1. The van der Waals surface area contributed by atoms with Gasteiger partial charge in [0.05, 0.1) is 4.88 Å². The molecule has 1 aromatic heterocycles. The number of carbonyl (C=O) groups is 1. The van der Waals surface area contributed by atoms with Crippen LogP contribution in [-0.4, -0.2) is 25.0 Å². The van der Waals surface area contributed by atoms with E-state index in [1.54, 1.807) is 0 Å². The fourth-order valence-corrected chi connectivity index (χ4v) is 3.99. The maximum Gasteiger partial charge on any atom is 0.265 e. The highest BCUT2D eigenvalue weighted by Crippen LogP contribution is 2.20. The smallest absolute Gasteiger partial charge is 0.265 e. The Morgan fingerprint density at radius 3 is 2.80 bits per heavy atom. The number of nitrogens with one attached hydrogen (secondary N) is 3. The second-order valence-corrected chi connectivity index (χ2v) is 7.75. The first-order valence-corrected chi connectivity index (χ1v) is 9.97. The van der Waals surface area contributed by atoms with Crippen molar-refractivity contribution in [1.29, 1.82) is 0 Å². The zero-order chi connectivity index (χ0) is 17.5. The predicted molar refractivity (Wildman–Crippen MR) is 105 cm³/mol. The van der Waals surface area contributed by atoms with E-state index in [2.05, 4.69) is 28.9 Å². The Morgan fingerprint density at radius 1 is 1.24 bits per heavy atom. The van der Waals surface area contributed by atoms with Gasteiger partial charge in [-0.2, -0.15) is 0 Å². The summed E-state index contributed by atoms with van der Waals surface area (Å²) in [6.45, 7) is 5.33. The molecule has 0 radical (unpaired) electrons. The molecule has 2 heterocycles. The van der Waals surface area contributed by atoms with Gasteiger partial charge in [-0.1, -0.05) is 24.3 Å². The monoisotopic (exact) mass is 357 g/mol. The molecule has 25 heavy (non-hydrogen) atoms. The SMILES string of the molecule is CC(CC1CCNCC1)NCc1ccccc1NC(=O)c1cccs1. The van der Waals surface area contributed by atoms with Crippen molar-refractivity contribution in [3.8, 4) is 0 Å². The fourth-order valence-electron chi connectivity index (χ4n) is 3.37. The first-order valence-electron chi connectivity index (χ1n) is 9.09. The standard InChI is InChI=1S/C20H27N3OS/c1-15(13-16-8-10-21-11-9-16)22-14-17-5-2-3-6-18(17)23-20(24)19-7-4-12-25-19/h2-7,12,15-16,21-22H,8-11,13-14H2,1H3,(H,23,24). The average Bonchev–Trinajstić information content (AvgIpc) is 3.17. The zero-order valence-electron chi connectivity index (χ0n) is 14.8. The molecule has 3 N–H and O–H groups in total. The number of piperidine rings is 1. The van der Waals surface area contributed by atoms with Crippen molar-refractivity contribution in [2.45, 2.75) is 38.8 Å². The number of rotatable bonds is 7. The Hall–Kier alpha value is -1.69. The van der Waals surface area contributed by atoms with E-state index in [1.165, 1.54) is 30.6 Å². The van der Waals surface area contributed by atoms with Crippen molar-refractivity contribution in [3.05, 3.63) is 52.2 Å². The number of carbonyl (C=O) groups excluding carboxylic acids is 1. The van der Waals surface area contributed by atoms with Gasteiger partial charge < -0.3 is 16.0 Å². The van der Waals surface area contributed by atoms with E-state index in [9.17, 15) is 4.79 Å². The van der Waals surface area contributed by atoms with Gasteiger partial charge in [0, 0.05) is 18.3 Å². The van der Waals surface area contributed by atoms with E-state index in [4.69, 9.17) is 0 Å². The second kappa shape index (κ2) is 9.13. The summed E-state index contributed by atoms with van der Waals surface area (Å²) in [5.74, 6) is 0.780. The minimum atomic E-state index is -0.0368. The molecular formula is C20H27N3OS. The molecule has 1 aromatic carbocycles. The van der Waals surface area contributed by atoms with Gasteiger partial charge in [0.2, 0.25) is 0 Å². The summed E-state index contributed by atoms with van der Waals surface area (Å²) in [7, 11) is 0. The molecule has 1 fully saturated rings. The van der Waals surface area contributed by atoms with Crippen LogP contribution in [0, 0.1) is 5.92 Å². The topological polar surface area (TPSA) is 53.2 Å². The van der Waals surface area contributed by atoms with E-state index < -0.39 is 0 Å². The Kier molecular flexibility index (Phi) is 6.62. The van der Waals surface area contributed by atoms with Crippen molar-refractivity contribution in [2.24, 2.45) is 5.92 Å². The number of thiophene rings is 1. The Balaban J connectivity index is 1.54. The summed E-state index contributed by atoms with van der Waals surface area (Å²) in [4.78, 5) is 13.0. The van der Waals surface area contributed by atoms with Gasteiger partial charge >= 0.3 is 0 Å². The first kappa shape index (κ1) is 18.1. The summed E-state index contributed by atoms with van der Waals surface area (Å²) in [6.07, 6.45) is 3.77. The largest absolute Gasteiger partial charge is 0.321 e. The molecule has 0 spiro atoms. The van der Waals surface area contributed by atoms with Crippen LogP contribution >= 0.6 is 11.3 Å². The van der Waals surface area contributed by atoms with E-state index in [1.807, 2.05) is 35.7 Å². The van der Waals surface area contributed by atoms with E-state index in [0.717, 1.165) is 41.7 Å². The number of hydrogen-bond acceptors (Lipinski definition) is 4. The molecule has 4 nitrogen and oxygen atoms in total. The molecule has 1 unspecified atom stereocenters. The van der Waals surface area contributed by atoms with Crippen molar-refractivity contribution < 1.29 is 4.79 Å². The lowest BCUT2D eigenvalue weighted by Crippen LogP contribution is -2.33. The zero-order valence-corrected chi connectivity index (χ0v) is 15.6. The molecule has 1 aliphatic heterocycles. The first-order chi connectivity index (χ1) is 12.2. The molecule has 0 aliphatic carbocycles. The maximum absolute atomic E-state index is 12.3. The van der Waals surface area contributed by atoms with Gasteiger partial charge in [-0.3, -0.25) is 4.79 Å². The number of benzene rings is 1. The summed E-state index contributed by atoms with van der Waals surface area (Å²) >= 11 is 1.46. The molecule has 134 valence electrons. The molecule has 0 saturated carbocycles. The van der Waals surface area contributed by atoms with Crippen molar-refractivity contribution in [2.75, 3.05) is 18.4 Å². The van der Waals surface area contributed by atoms with Crippen LogP contribution in [0.4, 0.5) is 5.69 Å². The minimum Gasteiger partial charge on any atom is -0.321 e. The van der Waals surface area contributed by atoms with Crippen molar-refractivity contribution in [3.63, 3.8) is 0 Å². The maximum atomic E-state index is 12.3. The molecular weight excluding hydrogens is 330 g/mol. The molecule has 1 saturated heterocycles. The second-order valence-electron chi connectivity index (χ2n) is 6.80. The number of hydrogen-bond donors (Lipinski definition) is 3. The highest BCUT2D eigenvalue weighted by molar-refractivity contribution is 7.12. The third-order valence-electron chi connectivity index (χ3n) is 4.80. The van der Waals surface area contributed by atoms with Gasteiger partial charge in [-0.25, -0.2) is 0 Å². The molecule has 2 aromatic rings. The van der Waals surface area contributed by atoms with Gasteiger partial charge in [0.15, 0.2) is 0 Å². The van der Waals surface area contributed by atoms with Crippen LogP contribution in [0.3, 0.4) is 0 Å². The Bertz CT molecular complexity index is 665. The highest BCUT2D eigenvalue weighted by atomic mass is 32.1. The summed E-state index contributed by atoms with van der Waals surface area (Å²) in [5.41, 5.74) is 2.02. The minimum absolute atomic E-state index is 0.0368. The molecule has 0 bridgehead atoms. The third kappa shape index (κ3) is 5.39. The Morgan fingerprint density at radius 2 is 2.04 bits per heavy atom. The van der Waals surface area contributed by atoms with E-state index in [0.29, 0.717) is 6.04 Å². The van der Waals surface area contributed by atoms with Crippen LogP contribution in [-0.2, 0) is 6.54 Å². The van der Waals surface area contributed by atoms with Crippen LogP contribution in [0.2, 0.25) is 0 Å². The van der Waals surface area contributed by atoms with Gasteiger partial charge in [0.25, 0.3) is 5.91 Å². The Labute approximate surface area is 154 Å². The predicted octanol–water partition coefficient (Wildman–Crippen LogP) is 3.87. The fraction of sp³-hybridized carbons (Fsp3) is 0.450. The number of para-hydroxylation sites is 1.